The summed E-state index contributed by atoms with van der Waals surface area (Å²) in [5.74, 6) is 0. The summed E-state index contributed by atoms with van der Waals surface area (Å²) in [5.41, 5.74) is 0. The van der Waals surface area contributed by atoms with E-state index in [1.807, 2.05) is 0 Å². The van der Waals surface area contributed by atoms with Gasteiger partial charge in [0.2, 0.25) is 6.29 Å². The average molecular weight is 208 g/mol. The van der Waals surface area contributed by atoms with Crippen molar-refractivity contribution in [2.45, 2.75) is 30.7 Å². The summed E-state index contributed by atoms with van der Waals surface area (Å²) in [6, 6.07) is 0. The van der Waals surface area contributed by atoms with Gasteiger partial charge >= 0.3 is 0 Å². The maximum absolute atomic E-state index is 9.98. The Kier molecular flexibility index (Phi) is 3.78. The zero-order valence-corrected chi connectivity index (χ0v) is 7.18. The molecule has 1 aliphatic rings. The summed E-state index contributed by atoms with van der Waals surface area (Å²) in [4.78, 5) is 9.98. The summed E-state index contributed by atoms with van der Waals surface area (Å²) in [7, 11) is 0. The van der Waals surface area contributed by atoms with Crippen molar-refractivity contribution in [3.63, 3.8) is 0 Å². The molecule has 0 bridgehead atoms. The highest BCUT2D eigenvalue weighted by atomic mass is 16.7. The molecule has 0 aromatic carbocycles. The Morgan fingerprint density at radius 1 is 1.21 bits per heavy atom. The van der Waals surface area contributed by atoms with Gasteiger partial charge in [0.05, 0.1) is 6.61 Å². The molecule has 5 atom stereocenters. The first-order valence-electron chi connectivity index (χ1n) is 4.01. The first-order valence-corrected chi connectivity index (χ1v) is 4.01. The fraction of sp³-hybridized carbons (Fsp3) is 0.857. The molecule has 82 valence electrons. The van der Waals surface area contributed by atoms with E-state index in [9.17, 15) is 20.1 Å². The van der Waals surface area contributed by atoms with Crippen LogP contribution in [0.15, 0.2) is 0 Å². The maximum atomic E-state index is 9.98. The zero-order valence-electron chi connectivity index (χ0n) is 7.18. The van der Waals surface area contributed by atoms with Crippen molar-refractivity contribution in [1.29, 1.82) is 0 Å². The molecule has 0 amide bonds. The Bertz CT molecular complexity index is 194. The lowest BCUT2D eigenvalue weighted by atomic mass is 9.99. The number of hydrogen-bond acceptors (Lipinski definition) is 7. The SMILES string of the molecule is O=COC1O[C@H](CO)[C@@H](O)[C@H](O)[C@H]1O. The Morgan fingerprint density at radius 3 is 2.36 bits per heavy atom. The van der Waals surface area contributed by atoms with Gasteiger partial charge in [0.1, 0.15) is 24.4 Å². The van der Waals surface area contributed by atoms with Crippen LogP contribution in [-0.4, -0.2) is 64.2 Å². The summed E-state index contributed by atoms with van der Waals surface area (Å²) < 4.78 is 9.12. The van der Waals surface area contributed by atoms with E-state index >= 15 is 0 Å². The first-order chi connectivity index (χ1) is 6.61. The van der Waals surface area contributed by atoms with Gasteiger partial charge in [-0.05, 0) is 0 Å². The normalized spacial score (nSPS) is 43.3. The van der Waals surface area contributed by atoms with E-state index in [2.05, 4.69) is 4.74 Å². The summed E-state index contributed by atoms with van der Waals surface area (Å²) >= 11 is 0. The van der Waals surface area contributed by atoms with Crippen LogP contribution in [0.4, 0.5) is 0 Å². The highest BCUT2D eigenvalue weighted by Gasteiger charge is 2.44. The quantitative estimate of drug-likeness (QED) is 0.364. The number of hydrogen-bond donors (Lipinski definition) is 4. The van der Waals surface area contributed by atoms with E-state index in [0.29, 0.717) is 0 Å². The molecule has 0 radical (unpaired) electrons. The highest BCUT2D eigenvalue weighted by Crippen LogP contribution is 2.21. The minimum absolute atomic E-state index is 0.0484. The molecule has 1 heterocycles. The predicted octanol–water partition coefficient (Wildman–Crippen LogP) is -3.04. The highest BCUT2D eigenvalue weighted by molar-refractivity contribution is 5.37. The molecule has 0 aromatic rings. The van der Waals surface area contributed by atoms with Gasteiger partial charge in [0.15, 0.2) is 0 Å². The lowest BCUT2D eigenvalue weighted by Crippen LogP contribution is -2.59. The summed E-state index contributed by atoms with van der Waals surface area (Å²) in [6.45, 7) is -0.504. The van der Waals surface area contributed by atoms with Crippen LogP contribution in [0.5, 0.6) is 0 Å². The van der Waals surface area contributed by atoms with E-state index in [-0.39, 0.29) is 6.47 Å². The van der Waals surface area contributed by atoms with Gasteiger partial charge in [-0.3, -0.25) is 4.79 Å². The van der Waals surface area contributed by atoms with Crippen LogP contribution in [0.1, 0.15) is 0 Å². The molecule has 7 nitrogen and oxygen atoms in total. The van der Waals surface area contributed by atoms with Gasteiger partial charge in [0.25, 0.3) is 6.47 Å². The second-order valence-electron chi connectivity index (χ2n) is 2.93. The number of aliphatic hydroxyl groups excluding tert-OH is 4. The molecule has 4 N–H and O–H groups in total. The number of aliphatic hydroxyl groups is 4. The smallest absolute Gasteiger partial charge is 0.295 e. The summed E-state index contributed by atoms with van der Waals surface area (Å²) in [5, 5.41) is 36.5. The Balaban J connectivity index is 2.67. The molecule has 0 spiro atoms. The van der Waals surface area contributed by atoms with Crippen molar-refractivity contribution in [3.05, 3.63) is 0 Å². The topological polar surface area (TPSA) is 116 Å². The van der Waals surface area contributed by atoms with E-state index in [0.717, 1.165) is 0 Å². The lowest BCUT2D eigenvalue weighted by molar-refractivity contribution is -0.288. The molecule has 0 aromatic heterocycles. The van der Waals surface area contributed by atoms with Crippen LogP contribution < -0.4 is 0 Å². The van der Waals surface area contributed by atoms with Gasteiger partial charge in [-0.25, -0.2) is 0 Å². The van der Waals surface area contributed by atoms with Crippen LogP contribution >= 0.6 is 0 Å². The largest absolute Gasteiger partial charge is 0.435 e. The zero-order chi connectivity index (χ0) is 10.7. The first kappa shape index (κ1) is 11.3. The standard InChI is InChI=1S/C7H12O7/c8-1-3-4(10)5(11)6(12)7(14-3)13-2-9/h2-8,10-12H,1H2/t3-,4-,5+,6-,7?/m1/s1. The van der Waals surface area contributed by atoms with Crippen LogP contribution in [0.25, 0.3) is 0 Å². The predicted molar refractivity (Wildman–Crippen MR) is 40.9 cm³/mol. The number of carbonyl (C=O) groups is 1. The third-order valence-electron chi connectivity index (χ3n) is 2.04. The molecule has 1 aliphatic heterocycles. The maximum Gasteiger partial charge on any atom is 0.295 e. The molecule has 1 fully saturated rings. The van der Waals surface area contributed by atoms with Gasteiger partial charge < -0.3 is 29.9 Å². The molecule has 0 aliphatic carbocycles. The van der Waals surface area contributed by atoms with Crippen molar-refractivity contribution >= 4 is 6.47 Å². The number of carbonyl (C=O) groups excluding carboxylic acids is 1. The van der Waals surface area contributed by atoms with Gasteiger partial charge in [0, 0.05) is 0 Å². The number of ether oxygens (including phenoxy) is 2. The Labute approximate surface area is 79.5 Å². The van der Waals surface area contributed by atoms with E-state index in [1.54, 1.807) is 0 Å². The van der Waals surface area contributed by atoms with E-state index < -0.39 is 37.3 Å². The van der Waals surface area contributed by atoms with Crippen molar-refractivity contribution < 1.29 is 34.7 Å². The van der Waals surface area contributed by atoms with E-state index in [1.165, 1.54) is 0 Å². The fourth-order valence-electron chi connectivity index (χ4n) is 1.23. The van der Waals surface area contributed by atoms with Crippen LogP contribution in [0.3, 0.4) is 0 Å². The van der Waals surface area contributed by atoms with Crippen LogP contribution in [-0.2, 0) is 14.3 Å². The van der Waals surface area contributed by atoms with Gasteiger partial charge in [-0.15, -0.1) is 0 Å². The Morgan fingerprint density at radius 2 is 1.86 bits per heavy atom. The molecular weight excluding hydrogens is 196 g/mol. The molecule has 1 rings (SSSR count). The van der Waals surface area contributed by atoms with Crippen molar-refractivity contribution in [2.24, 2.45) is 0 Å². The molecule has 7 heteroatoms. The molecule has 0 saturated carbocycles. The second-order valence-corrected chi connectivity index (χ2v) is 2.93. The van der Waals surface area contributed by atoms with Gasteiger partial charge in [-0.1, -0.05) is 0 Å². The molecule has 1 unspecified atom stereocenters. The second kappa shape index (κ2) is 4.67. The molecule has 1 saturated heterocycles. The third-order valence-corrected chi connectivity index (χ3v) is 2.04. The van der Waals surface area contributed by atoms with Crippen LogP contribution in [0, 0.1) is 0 Å². The third kappa shape index (κ3) is 2.02. The monoisotopic (exact) mass is 208 g/mol. The minimum Gasteiger partial charge on any atom is -0.435 e. The molecular formula is C7H12O7. The van der Waals surface area contributed by atoms with Crippen molar-refractivity contribution in [2.75, 3.05) is 6.61 Å². The van der Waals surface area contributed by atoms with Gasteiger partial charge in [-0.2, -0.15) is 0 Å². The fourth-order valence-corrected chi connectivity index (χ4v) is 1.23. The number of rotatable bonds is 3. The van der Waals surface area contributed by atoms with Crippen LogP contribution in [0.2, 0.25) is 0 Å². The lowest BCUT2D eigenvalue weighted by Gasteiger charge is -2.38. The van der Waals surface area contributed by atoms with Crippen molar-refractivity contribution in [1.82, 2.24) is 0 Å². The summed E-state index contributed by atoms with van der Waals surface area (Å²) in [6.07, 6.45) is -6.92. The average Bonchev–Trinajstić information content (AvgIpc) is 2.19. The van der Waals surface area contributed by atoms with E-state index in [4.69, 9.17) is 9.84 Å². The Hall–Kier alpha value is -0.730. The van der Waals surface area contributed by atoms with Crippen molar-refractivity contribution in [3.8, 4) is 0 Å². The molecule has 14 heavy (non-hydrogen) atoms. The minimum atomic E-state index is -1.53.